The number of nitrogens with one attached hydrogen (secondary N) is 2. The number of amides is 2. The minimum Gasteiger partial charge on any atom is -0.478 e. The Kier molecular flexibility index (Phi) is 7.11. The second-order valence-corrected chi connectivity index (χ2v) is 10.3. The van der Waals surface area contributed by atoms with Gasteiger partial charge in [0.15, 0.2) is 0 Å². The highest BCUT2D eigenvalue weighted by Gasteiger charge is 2.30. The van der Waals surface area contributed by atoms with Gasteiger partial charge in [-0.2, -0.15) is 0 Å². The van der Waals surface area contributed by atoms with Gasteiger partial charge in [-0.25, -0.2) is 9.59 Å². The number of halogens is 1. The first-order valence-corrected chi connectivity index (χ1v) is 12.2. The Morgan fingerprint density at radius 3 is 2.17 bits per heavy atom. The molecule has 1 aliphatic carbocycles. The SMILES string of the molecule is CC(C)(CC(=O)Nc1cc(I)cc(C(=O)O)c1)NC(=O)OCC1c2ccccc2-c2ccccc21. The smallest absolute Gasteiger partial charge is 0.407 e. The molecule has 0 unspecified atom stereocenters. The fraction of sp³-hybridized carbons (Fsp3) is 0.222. The Morgan fingerprint density at radius 2 is 1.57 bits per heavy atom. The Labute approximate surface area is 217 Å². The molecule has 7 nitrogen and oxygen atoms in total. The van der Waals surface area contributed by atoms with Gasteiger partial charge in [0.2, 0.25) is 5.91 Å². The largest absolute Gasteiger partial charge is 0.478 e. The Morgan fingerprint density at radius 1 is 0.971 bits per heavy atom. The fourth-order valence-electron chi connectivity index (χ4n) is 4.35. The molecule has 4 rings (SSSR count). The third kappa shape index (κ3) is 5.82. The molecule has 0 fully saturated rings. The summed E-state index contributed by atoms with van der Waals surface area (Å²) in [6, 6.07) is 20.8. The molecule has 3 aromatic carbocycles. The summed E-state index contributed by atoms with van der Waals surface area (Å²) in [5, 5.41) is 14.7. The quantitative estimate of drug-likeness (QED) is 0.312. The van der Waals surface area contributed by atoms with Crippen LogP contribution in [0.25, 0.3) is 11.1 Å². The molecule has 0 spiro atoms. The number of hydrogen-bond donors (Lipinski definition) is 3. The maximum atomic E-state index is 12.6. The zero-order valence-electron chi connectivity index (χ0n) is 19.3. The third-order valence-electron chi connectivity index (χ3n) is 5.82. The molecule has 3 N–H and O–H groups in total. The van der Waals surface area contributed by atoms with Crippen molar-refractivity contribution in [3.05, 3.63) is 87.0 Å². The molecular weight excluding hydrogens is 559 g/mol. The van der Waals surface area contributed by atoms with E-state index in [1.165, 1.54) is 12.1 Å². The van der Waals surface area contributed by atoms with Crippen LogP contribution in [0.15, 0.2) is 66.7 Å². The molecule has 0 aromatic heterocycles. The van der Waals surface area contributed by atoms with E-state index in [-0.39, 0.29) is 30.4 Å². The van der Waals surface area contributed by atoms with Gasteiger partial charge < -0.3 is 20.5 Å². The molecule has 3 aromatic rings. The first-order valence-electron chi connectivity index (χ1n) is 11.1. The average molecular weight is 584 g/mol. The monoisotopic (exact) mass is 584 g/mol. The van der Waals surface area contributed by atoms with Crippen molar-refractivity contribution in [2.45, 2.75) is 31.7 Å². The van der Waals surface area contributed by atoms with Crippen molar-refractivity contribution in [1.82, 2.24) is 5.32 Å². The first-order chi connectivity index (χ1) is 16.6. The summed E-state index contributed by atoms with van der Waals surface area (Å²) in [6.45, 7) is 3.64. The van der Waals surface area contributed by atoms with Crippen LogP contribution in [0.1, 0.15) is 47.7 Å². The van der Waals surface area contributed by atoms with Crippen molar-refractivity contribution in [3.63, 3.8) is 0 Å². The van der Waals surface area contributed by atoms with Crippen LogP contribution in [0.3, 0.4) is 0 Å². The molecule has 0 radical (unpaired) electrons. The standard InChI is InChI=1S/C27H25IN2O5/c1-27(2,14-24(31)29-18-12-16(25(32)33)11-17(28)13-18)30-26(34)35-15-23-21-9-5-3-7-19(21)20-8-4-6-10-22(20)23/h3-13,23H,14-15H2,1-2H3,(H,29,31)(H,30,34)(H,32,33). The molecule has 0 atom stereocenters. The maximum Gasteiger partial charge on any atom is 0.407 e. The topological polar surface area (TPSA) is 105 Å². The van der Waals surface area contributed by atoms with E-state index < -0.39 is 17.6 Å². The van der Waals surface area contributed by atoms with E-state index in [4.69, 9.17) is 4.74 Å². The van der Waals surface area contributed by atoms with Crippen LogP contribution in [0.2, 0.25) is 0 Å². The van der Waals surface area contributed by atoms with Gasteiger partial charge in [0.1, 0.15) is 6.61 Å². The van der Waals surface area contributed by atoms with Crippen LogP contribution in [-0.4, -0.2) is 35.2 Å². The normalized spacial score (nSPS) is 12.4. The van der Waals surface area contributed by atoms with Crippen molar-refractivity contribution in [2.75, 3.05) is 11.9 Å². The highest BCUT2D eigenvalue weighted by Crippen LogP contribution is 2.44. The number of carbonyl (C=O) groups is 3. The summed E-state index contributed by atoms with van der Waals surface area (Å²) in [4.78, 5) is 36.5. The predicted molar refractivity (Wildman–Crippen MR) is 142 cm³/mol. The number of carboxylic acids is 1. The number of fused-ring (bicyclic) bond motifs is 3. The highest BCUT2D eigenvalue weighted by atomic mass is 127. The summed E-state index contributed by atoms with van der Waals surface area (Å²) >= 11 is 1.99. The number of benzene rings is 3. The van der Waals surface area contributed by atoms with Crippen molar-refractivity contribution in [1.29, 1.82) is 0 Å². The van der Waals surface area contributed by atoms with E-state index in [1.54, 1.807) is 19.9 Å². The van der Waals surface area contributed by atoms with E-state index in [0.717, 1.165) is 22.3 Å². The maximum absolute atomic E-state index is 12.6. The van der Waals surface area contributed by atoms with Crippen LogP contribution < -0.4 is 10.6 Å². The Balaban J connectivity index is 1.35. The molecule has 180 valence electrons. The van der Waals surface area contributed by atoms with Crippen molar-refractivity contribution in [3.8, 4) is 11.1 Å². The summed E-state index contributed by atoms with van der Waals surface area (Å²) in [7, 11) is 0. The lowest BCUT2D eigenvalue weighted by Crippen LogP contribution is -2.46. The number of anilines is 1. The van der Waals surface area contributed by atoms with Gasteiger partial charge in [-0.15, -0.1) is 0 Å². The van der Waals surface area contributed by atoms with Gasteiger partial charge in [0.25, 0.3) is 0 Å². The molecule has 0 heterocycles. The van der Waals surface area contributed by atoms with Crippen molar-refractivity contribution < 1.29 is 24.2 Å². The van der Waals surface area contributed by atoms with Crippen molar-refractivity contribution in [2.24, 2.45) is 0 Å². The predicted octanol–water partition coefficient (Wildman–Crippen LogP) is 5.64. The number of carboxylic acid groups (broad SMARTS) is 1. The summed E-state index contributed by atoms with van der Waals surface area (Å²) in [5.74, 6) is -1.48. The lowest BCUT2D eigenvalue weighted by Gasteiger charge is -2.26. The lowest BCUT2D eigenvalue weighted by molar-refractivity contribution is -0.117. The third-order valence-corrected chi connectivity index (χ3v) is 6.44. The van der Waals surface area contributed by atoms with Crippen LogP contribution >= 0.6 is 22.6 Å². The molecule has 0 aliphatic heterocycles. The second-order valence-electron chi connectivity index (χ2n) is 9.09. The minimum atomic E-state index is -1.07. The summed E-state index contributed by atoms with van der Waals surface area (Å²) in [5.41, 5.74) is 4.13. The van der Waals surface area contributed by atoms with Crippen LogP contribution in [0.5, 0.6) is 0 Å². The zero-order valence-corrected chi connectivity index (χ0v) is 21.5. The molecule has 35 heavy (non-hydrogen) atoms. The van der Waals surface area contributed by atoms with Gasteiger partial charge in [-0.05, 0) is 76.9 Å². The first kappa shape index (κ1) is 24.7. The van der Waals surface area contributed by atoms with E-state index >= 15 is 0 Å². The van der Waals surface area contributed by atoms with Gasteiger partial charge in [0.05, 0.1) is 5.56 Å². The number of alkyl carbamates (subject to hydrolysis) is 1. The minimum absolute atomic E-state index is 0.0227. The Hall–Kier alpha value is -3.40. The van der Waals surface area contributed by atoms with Gasteiger partial charge >= 0.3 is 12.1 Å². The van der Waals surface area contributed by atoms with Crippen LogP contribution in [0.4, 0.5) is 10.5 Å². The molecular formula is C27H25IN2O5. The van der Waals surface area contributed by atoms with Crippen LogP contribution in [-0.2, 0) is 9.53 Å². The molecule has 0 bridgehead atoms. The van der Waals surface area contributed by atoms with E-state index in [9.17, 15) is 19.5 Å². The van der Waals surface area contributed by atoms with Gasteiger partial charge in [-0.3, -0.25) is 4.79 Å². The number of carbonyl (C=O) groups excluding carboxylic acids is 2. The number of ether oxygens (including phenoxy) is 1. The summed E-state index contributed by atoms with van der Waals surface area (Å²) in [6.07, 6.45) is -0.627. The number of rotatable bonds is 7. The number of aromatic carboxylic acids is 1. The Bertz CT molecular complexity index is 1260. The number of hydrogen-bond acceptors (Lipinski definition) is 4. The fourth-order valence-corrected chi connectivity index (χ4v) is 5.02. The van der Waals surface area contributed by atoms with Gasteiger partial charge in [0, 0.05) is 27.1 Å². The lowest BCUT2D eigenvalue weighted by atomic mass is 9.98. The molecule has 8 heteroatoms. The van der Waals surface area contributed by atoms with E-state index in [1.807, 2.05) is 46.9 Å². The second kappa shape index (κ2) is 10.1. The zero-order chi connectivity index (χ0) is 25.2. The molecule has 2 amide bonds. The molecule has 0 saturated heterocycles. The van der Waals surface area contributed by atoms with E-state index in [2.05, 4.69) is 34.9 Å². The van der Waals surface area contributed by atoms with Crippen molar-refractivity contribution >= 4 is 46.2 Å². The molecule has 1 aliphatic rings. The summed E-state index contributed by atoms with van der Waals surface area (Å²) < 4.78 is 6.27. The average Bonchev–Trinajstić information content (AvgIpc) is 3.10. The van der Waals surface area contributed by atoms with Gasteiger partial charge in [-0.1, -0.05) is 48.5 Å². The van der Waals surface area contributed by atoms with Crippen LogP contribution in [0, 0.1) is 3.57 Å². The molecule has 0 saturated carbocycles. The highest BCUT2D eigenvalue weighted by molar-refractivity contribution is 14.1. The van der Waals surface area contributed by atoms with E-state index in [0.29, 0.717) is 9.26 Å².